The van der Waals surface area contributed by atoms with Crippen molar-refractivity contribution in [2.24, 2.45) is 11.3 Å². The third-order valence-electron chi connectivity index (χ3n) is 5.63. The van der Waals surface area contributed by atoms with Crippen LogP contribution in [0.1, 0.15) is 86.0 Å². The standard InChI is InChI=1S/C23H33ClO4/c1-15(24)7-6-8-17(25)10-11-18-19-14-23(5,28-21(27)22(2,3)4)13-16(19)9-12-20(18)26/h7,16H,6,8-14H2,1-5H3. The summed E-state index contributed by atoms with van der Waals surface area (Å²) in [6, 6.07) is 0. The second-order valence-corrected chi connectivity index (χ2v) is 10.1. The largest absolute Gasteiger partial charge is 0.459 e. The monoisotopic (exact) mass is 408 g/mol. The summed E-state index contributed by atoms with van der Waals surface area (Å²) >= 11 is 5.79. The Kier molecular flexibility index (Phi) is 7.30. The Morgan fingerprint density at radius 1 is 1.29 bits per heavy atom. The molecule has 2 aliphatic carbocycles. The van der Waals surface area contributed by atoms with Crippen molar-refractivity contribution in [3.8, 4) is 0 Å². The predicted octanol–water partition coefficient (Wildman–Crippen LogP) is 5.68. The van der Waals surface area contributed by atoms with Gasteiger partial charge in [-0.1, -0.05) is 23.3 Å². The van der Waals surface area contributed by atoms with Gasteiger partial charge in [0.1, 0.15) is 11.4 Å². The first-order valence-electron chi connectivity index (χ1n) is 10.2. The molecule has 156 valence electrons. The van der Waals surface area contributed by atoms with Crippen molar-refractivity contribution in [2.45, 2.75) is 91.6 Å². The van der Waals surface area contributed by atoms with Crippen LogP contribution in [0.2, 0.25) is 0 Å². The molecule has 0 aromatic heterocycles. The third kappa shape index (κ3) is 6.04. The molecule has 2 rings (SSSR count). The Morgan fingerprint density at radius 3 is 2.57 bits per heavy atom. The quantitative estimate of drug-likeness (QED) is 0.508. The van der Waals surface area contributed by atoms with Crippen molar-refractivity contribution in [2.75, 3.05) is 0 Å². The highest BCUT2D eigenvalue weighted by Gasteiger charge is 2.46. The number of halogens is 1. The number of hydrogen-bond acceptors (Lipinski definition) is 4. The van der Waals surface area contributed by atoms with Crippen LogP contribution in [0.25, 0.3) is 0 Å². The number of allylic oxidation sites excluding steroid dienone is 3. The molecule has 0 heterocycles. The number of ether oxygens (including phenoxy) is 1. The van der Waals surface area contributed by atoms with Crippen LogP contribution in [0, 0.1) is 11.3 Å². The minimum atomic E-state index is -0.563. The zero-order chi connectivity index (χ0) is 21.1. The molecule has 2 aliphatic rings. The summed E-state index contributed by atoms with van der Waals surface area (Å²) in [5, 5.41) is 0.693. The van der Waals surface area contributed by atoms with E-state index >= 15 is 0 Å². The summed E-state index contributed by atoms with van der Waals surface area (Å²) < 4.78 is 5.87. The van der Waals surface area contributed by atoms with E-state index in [0.29, 0.717) is 43.6 Å². The Morgan fingerprint density at radius 2 is 1.96 bits per heavy atom. The number of rotatable bonds is 7. The second kappa shape index (κ2) is 8.94. The van der Waals surface area contributed by atoms with Crippen LogP contribution in [-0.2, 0) is 19.1 Å². The molecule has 0 saturated heterocycles. The van der Waals surface area contributed by atoms with Crippen molar-refractivity contribution in [1.82, 2.24) is 0 Å². The van der Waals surface area contributed by atoms with Gasteiger partial charge >= 0.3 is 5.97 Å². The minimum Gasteiger partial charge on any atom is -0.459 e. The van der Waals surface area contributed by atoms with Crippen LogP contribution in [0.3, 0.4) is 0 Å². The van der Waals surface area contributed by atoms with E-state index in [9.17, 15) is 14.4 Å². The molecule has 28 heavy (non-hydrogen) atoms. The van der Waals surface area contributed by atoms with Gasteiger partial charge < -0.3 is 4.74 Å². The molecule has 0 aromatic rings. The van der Waals surface area contributed by atoms with Gasteiger partial charge in [0.05, 0.1) is 5.41 Å². The first-order valence-corrected chi connectivity index (χ1v) is 10.6. The van der Waals surface area contributed by atoms with E-state index in [4.69, 9.17) is 16.3 Å². The van der Waals surface area contributed by atoms with Gasteiger partial charge in [0.25, 0.3) is 0 Å². The van der Waals surface area contributed by atoms with Crippen molar-refractivity contribution in [3.63, 3.8) is 0 Å². The normalized spacial score (nSPS) is 25.7. The van der Waals surface area contributed by atoms with Crippen LogP contribution in [0.15, 0.2) is 22.3 Å². The fraction of sp³-hybridized carbons (Fsp3) is 0.696. The molecule has 0 spiro atoms. The lowest BCUT2D eigenvalue weighted by atomic mass is 9.82. The van der Waals surface area contributed by atoms with E-state index in [2.05, 4.69) is 0 Å². The Balaban J connectivity index is 2.06. The van der Waals surface area contributed by atoms with Gasteiger partial charge in [0.15, 0.2) is 5.78 Å². The van der Waals surface area contributed by atoms with Crippen LogP contribution in [0.5, 0.6) is 0 Å². The number of carbonyl (C=O) groups excluding carboxylic acids is 3. The Hall–Kier alpha value is -1.42. The third-order valence-corrected chi connectivity index (χ3v) is 5.79. The van der Waals surface area contributed by atoms with E-state index < -0.39 is 11.0 Å². The average Bonchev–Trinajstić information content (AvgIpc) is 2.89. The smallest absolute Gasteiger partial charge is 0.311 e. The number of carbonyl (C=O) groups is 3. The molecule has 0 aromatic carbocycles. The van der Waals surface area contributed by atoms with Crippen LogP contribution in [0.4, 0.5) is 0 Å². The molecule has 5 heteroatoms. The van der Waals surface area contributed by atoms with Crippen molar-refractivity contribution >= 4 is 29.1 Å². The number of fused-ring (bicyclic) bond motifs is 1. The summed E-state index contributed by atoms with van der Waals surface area (Å²) in [5.74, 6) is 0.376. The highest BCUT2D eigenvalue weighted by atomic mass is 35.5. The van der Waals surface area contributed by atoms with Crippen molar-refractivity contribution in [1.29, 1.82) is 0 Å². The maximum atomic E-state index is 12.5. The lowest BCUT2D eigenvalue weighted by molar-refractivity contribution is -0.167. The first kappa shape index (κ1) is 22.9. The van der Waals surface area contributed by atoms with Gasteiger partial charge in [-0.05, 0) is 71.8 Å². The lowest BCUT2D eigenvalue weighted by Crippen LogP contribution is -2.34. The number of Topliss-reactive ketones (excluding diaryl/α,β-unsaturated/α-hetero) is 2. The first-order chi connectivity index (χ1) is 12.9. The molecule has 0 bridgehead atoms. The molecule has 0 aliphatic heterocycles. The SMILES string of the molecule is CC(Cl)=CCCC(=O)CCC1=C2CC(C)(OC(=O)C(C)(C)C)CC2CCC1=O. The highest BCUT2D eigenvalue weighted by Crippen LogP contribution is 2.48. The van der Waals surface area contributed by atoms with Gasteiger partial charge in [-0.2, -0.15) is 0 Å². The number of hydrogen-bond donors (Lipinski definition) is 0. The summed E-state index contributed by atoms with van der Waals surface area (Å²) in [6.07, 6.45) is 6.50. The average molecular weight is 409 g/mol. The lowest BCUT2D eigenvalue weighted by Gasteiger charge is -2.28. The van der Waals surface area contributed by atoms with Crippen LogP contribution < -0.4 is 0 Å². The van der Waals surface area contributed by atoms with Gasteiger partial charge in [0, 0.05) is 30.7 Å². The van der Waals surface area contributed by atoms with Gasteiger partial charge in [-0.15, -0.1) is 0 Å². The maximum absolute atomic E-state index is 12.5. The number of esters is 1. The zero-order valence-corrected chi connectivity index (χ0v) is 18.6. The van der Waals surface area contributed by atoms with Crippen LogP contribution >= 0.6 is 11.6 Å². The van der Waals surface area contributed by atoms with Gasteiger partial charge in [-0.3, -0.25) is 14.4 Å². The number of ketones is 2. The summed E-state index contributed by atoms with van der Waals surface area (Å²) in [4.78, 5) is 37.1. The molecule has 2 atom stereocenters. The highest BCUT2D eigenvalue weighted by molar-refractivity contribution is 6.29. The fourth-order valence-electron chi connectivity index (χ4n) is 4.10. The molecule has 1 fully saturated rings. The summed E-state index contributed by atoms with van der Waals surface area (Å²) in [7, 11) is 0. The Labute approximate surface area is 173 Å². The molecule has 1 saturated carbocycles. The topological polar surface area (TPSA) is 60.4 Å². The zero-order valence-electron chi connectivity index (χ0n) is 17.8. The second-order valence-electron chi connectivity index (χ2n) is 9.50. The van der Waals surface area contributed by atoms with E-state index in [1.54, 1.807) is 6.92 Å². The molecular formula is C23H33ClO4. The van der Waals surface area contributed by atoms with E-state index in [1.807, 2.05) is 33.8 Å². The summed E-state index contributed by atoms with van der Waals surface area (Å²) in [6.45, 7) is 9.31. The molecule has 0 amide bonds. The van der Waals surface area contributed by atoms with Crippen molar-refractivity contribution < 1.29 is 19.1 Å². The molecule has 0 N–H and O–H groups in total. The van der Waals surface area contributed by atoms with Crippen LogP contribution in [-0.4, -0.2) is 23.1 Å². The molecular weight excluding hydrogens is 376 g/mol. The molecule has 2 unspecified atom stereocenters. The molecule has 0 radical (unpaired) electrons. The minimum absolute atomic E-state index is 0.150. The van der Waals surface area contributed by atoms with Gasteiger partial charge in [0.2, 0.25) is 0 Å². The van der Waals surface area contributed by atoms with E-state index in [1.165, 1.54) is 0 Å². The summed E-state index contributed by atoms with van der Waals surface area (Å²) in [5.41, 5.74) is 0.813. The van der Waals surface area contributed by atoms with Gasteiger partial charge in [-0.25, -0.2) is 0 Å². The van der Waals surface area contributed by atoms with E-state index in [-0.39, 0.29) is 23.5 Å². The maximum Gasteiger partial charge on any atom is 0.311 e. The van der Waals surface area contributed by atoms with Crippen molar-refractivity contribution in [3.05, 3.63) is 22.3 Å². The Bertz CT molecular complexity index is 707. The fourth-order valence-corrected chi connectivity index (χ4v) is 4.21. The molecule has 4 nitrogen and oxygen atoms in total. The predicted molar refractivity (Wildman–Crippen MR) is 111 cm³/mol. The van der Waals surface area contributed by atoms with E-state index in [0.717, 1.165) is 24.0 Å².